The van der Waals surface area contributed by atoms with Gasteiger partial charge < -0.3 is 54.7 Å². The molecule has 2 aromatic rings. The number of ketones is 1. The van der Waals surface area contributed by atoms with Crippen molar-refractivity contribution in [3.63, 3.8) is 0 Å². The van der Waals surface area contributed by atoms with Crippen LogP contribution in [-0.4, -0.2) is 110 Å². The Labute approximate surface area is 391 Å². The molecule has 12 rings (SSSR count). The molecule has 2 bridgehead atoms. The van der Waals surface area contributed by atoms with Gasteiger partial charge in [0.1, 0.15) is 41.2 Å². The average Bonchev–Trinajstić information content (AvgIpc) is 4.09. The highest BCUT2D eigenvalue weighted by molar-refractivity contribution is 6.11. The van der Waals surface area contributed by atoms with Crippen LogP contribution < -0.4 is 4.74 Å². The zero-order chi connectivity index (χ0) is 46.6. The second-order valence-corrected chi connectivity index (χ2v) is 23.4. The molecular weight excluding hydrogens is 857 g/mol. The molecule has 6 aliphatic carbocycles. The average molecular weight is 925 g/mol. The summed E-state index contributed by atoms with van der Waals surface area (Å²) in [5, 5.41) is 80.7. The first-order valence-electron chi connectivity index (χ1n) is 25.5. The molecule has 67 heavy (non-hydrogen) atoms. The molecule has 0 amide bonds. The lowest BCUT2D eigenvalue weighted by atomic mass is 9.42. The van der Waals surface area contributed by atoms with Gasteiger partial charge in [0, 0.05) is 29.6 Å². The Kier molecular flexibility index (Phi) is 10.3. The van der Waals surface area contributed by atoms with Crippen LogP contribution in [0.25, 0.3) is 10.8 Å². The maximum absolute atomic E-state index is 12.9. The van der Waals surface area contributed by atoms with E-state index in [4.69, 9.17) is 18.9 Å². The number of carbonyl (C=O) groups is 2. The van der Waals surface area contributed by atoms with Crippen LogP contribution in [-0.2, 0) is 14.2 Å². The van der Waals surface area contributed by atoms with Crippen LogP contribution in [0.15, 0.2) is 34.9 Å². The van der Waals surface area contributed by atoms with E-state index in [1.54, 1.807) is 0 Å². The Morgan fingerprint density at radius 2 is 1.70 bits per heavy atom. The summed E-state index contributed by atoms with van der Waals surface area (Å²) < 4.78 is 27.2. The highest BCUT2D eigenvalue weighted by atomic mass is 16.7. The smallest absolute Gasteiger partial charge is 0.335 e. The fourth-order valence-corrected chi connectivity index (χ4v) is 18.2. The summed E-state index contributed by atoms with van der Waals surface area (Å²) in [4.78, 5) is 25.2. The number of carboxylic acid groups (broad SMARTS) is 1. The monoisotopic (exact) mass is 924 g/mol. The Morgan fingerprint density at radius 3 is 2.46 bits per heavy atom. The number of carbonyl (C=O) groups excluding carboxylic acids is 1. The number of aromatic carboxylic acids is 1. The molecule has 10 aliphatic rings. The number of hydrogen-bond donors (Lipinski definition) is 7. The van der Waals surface area contributed by atoms with E-state index in [1.807, 2.05) is 0 Å². The summed E-state index contributed by atoms with van der Waals surface area (Å²) in [6.07, 6.45) is 13.1. The number of hydrogen-bond acceptors (Lipinski definition) is 12. The topological polar surface area (TPSA) is 213 Å². The molecule has 4 heterocycles. The quantitative estimate of drug-likeness (QED) is 0.106. The lowest BCUT2D eigenvalue weighted by molar-refractivity contribution is -0.336. The summed E-state index contributed by atoms with van der Waals surface area (Å²) >= 11 is 0. The van der Waals surface area contributed by atoms with Gasteiger partial charge in [0.25, 0.3) is 0 Å². The molecular formula is C54H68O13. The van der Waals surface area contributed by atoms with Gasteiger partial charge in [-0.15, -0.1) is 0 Å². The number of Topliss-reactive ketones (excluding diaryl/α,β-unsaturated/α-hetero) is 1. The minimum Gasteiger partial charge on any atom is -0.507 e. The fourth-order valence-electron chi connectivity index (χ4n) is 18.2. The number of fused-ring (bicyclic) bond motifs is 6. The molecule has 7 N–H and O–H groups in total. The molecule has 4 spiro atoms. The summed E-state index contributed by atoms with van der Waals surface area (Å²) in [6.45, 7) is 4.11. The van der Waals surface area contributed by atoms with Crippen molar-refractivity contribution in [3.05, 3.63) is 51.6 Å². The van der Waals surface area contributed by atoms with Crippen LogP contribution in [0.1, 0.15) is 149 Å². The normalized spacial score (nSPS) is 42.4. The third kappa shape index (κ3) is 6.10. The Balaban J connectivity index is 0.951. The number of rotatable bonds is 7. The number of allylic oxidation sites excluding steroid dienone is 2. The summed E-state index contributed by atoms with van der Waals surface area (Å²) in [5.74, 6) is -2.41. The number of aromatic hydroxyl groups is 2. The molecule has 14 unspecified atom stereocenters. The van der Waals surface area contributed by atoms with Gasteiger partial charge in [-0.1, -0.05) is 25.3 Å². The third-order valence-corrected chi connectivity index (χ3v) is 20.5. The van der Waals surface area contributed by atoms with Gasteiger partial charge in [0.2, 0.25) is 6.29 Å². The van der Waals surface area contributed by atoms with Crippen molar-refractivity contribution in [2.24, 2.45) is 45.3 Å². The molecule has 0 aromatic heterocycles. The Bertz CT molecular complexity index is 2480. The second kappa shape index (κ2) is 15.5. The predicted octanol–water partition coefficient (Wildman–Crippen LogP) is 7.56. The Morgan fingerprint density at radius 1 is 0.925 bits per heavy atom. The van der Waals surface area contributed by atoms with Crippen molar-refractivity contribution in [1.29, 1.82) is 0 Å². The van der Waals surface area contributed by atoms with Crippen LogP contribution in [0.3, 0.4) is 0 Å². The molecule has 8 fully saturated rings. The van der Waals surface area contributed by atoms with Gasteiger partial charge in [-0.2, -0.15) is 0 Å². The fraction of sp³-hybridized carbons (Fsp3) is 0.704. The summed E-state index contributed by atoms with van der Waals surface area (Å²) in [5.41, 5.74) is 2.56. The van der Waals surface area contributed by atoms with Gasteiger partial charge in [-0.25, -0.2) is 4.79 Å². The minimum absolute atomic E-state index is 0.0606. The zero-order valence-electron chi connectivity index (χ0n) is 38.9. The van der Waals surface area contributed by atoms with Crippen molar-refractivity contribution >= 4 is 22.5 Å². The lowest BCUT2D eigenvalue weighted by Crippen LogP contribution is -2.71. The SMILES string of the molecule is CC(=O)c1c(C)c(O)c2cc(C(=O)O)cc(OC3OC4C(O)CCC5OC4(CC4C6=C5CC=C6C5(CCCO)COCC6CC7(CCC8(CCCC89CCCC9)C7)CC4C65)C(O)C3O)c2c1O. The van der Waals surface area contributed by atoms with Gasteiger partial charge in [-0.05, 0) is 179 Å². The molecule has 362 valence electrons. The highest BCUT2D eigenvalue weighted by Gasteiger charge is 2.71. The summed E-state index contributed by atoms with van der Waals surface area (Å²) in [6, 6.07) is 2.30. The van der Waals surface area contributed by atoms with Crippen molar-refractivity contribution in [2.75, 3.05) is 19.8 Å². The predicted molar refractivity (Wildman–Crippen MR) is 244 cm³/mol. The van der Waals surface area contributed by atoms with E-state index in [9.17, 15) is 45.3 Å². The maximum Gasteiger partial charge on any atom is 0.335 e. The number of aliphatic hydroxyl groups is 4. The number of carboxylic acids is 1. The van der Waals surface area contributed by atoms with Crippen molar-refractivity contribution in [1.82, 2.24) is 0 Å². The first-order valence-corrected chi connectivity index (χ1v) is 25.5. The van der Waals surface area contributed by atoms with Crippen molar-refractivity contribution < 1.29 is 64.3 Å². The number of benzene rings is 2. The second-order valence-electron chi connectivity index (χ2n) is 23.4. The summed E-state index contributed by atoms with van der Waals surface area (Å²) in [7, 11) is 0. The van der Waals surface area contributed by atoms with Crippen molar-refractivity contribution in [3.8, 4) is 17.2 Å². The zero-order valence-corrected chi connectivity index (χ0v) is 38.9. The number of ether oxygens (including phenoxy) is 4. The molecule has 3 saturated heterocycles. The van der Waals surface area contributed by atoms with Crippen LogP contribution in [0, 0.1) is 52.3 Å². The van der Waals surface area contributed by atoms with Gasteiger partial charge in [0.15, 0.2) is 5.78 Å². The number of aliphatic hydroxyl groups excluding tert-OH is 4. The van der Waals surface area contributed by atoms with E-state index in [0.29, 0.717) is 55.6 Å². The molecule has 13 heteroatoms. The van der Waals surface area contributed by atoms with E-state index in [2.05, 4.69) is 6.08 Å². The first kappa shape index (κ1) is 44.6. The van der Waals surface area contributed by atoms with E-state index >= 15 is 0 Å². The molecule has 14 atom stereocenters. The van der Waals surface area contributed by atoms with E-state index in [-0.39, 0.29) is 74.8 Å². The Hall–Kier alpha value is -3.56. The largest absolute Gasteiger partial charge is 0.507 e. The van der Waals surface area contributed by atoms with Crippen molar-refractivity contribution in [2.45, 2.75) is 172 Å². The van der Waals surface area contributed by atoms with Crippen LogP contribution >= 0.6 is 0 Å². The molecule has 4 aliphatic heterocycles. The van der Waals surface area contributed by atoms with Crippen LogP contribution in [0.5, 0.6) is 17.2 Å². The third-order valence-electron chi connectivity index (χ3n) is 20.5. The maximum atomic E-state index is 12.9. The molecule has 13 nitrogen and oxygen atoms in total. The number of phenols is 2. The van der Waals surface area contributed by atoms with Gasteiger partial charge in [-0.3, -0.25) is 4.79 Å². The lowest BCUT2D eigenvalue weighted by Gasteiger charge is -2.64. The van der Waals surface area contributed by atoms with E-state index in [1.165, 1.54) is 101 Å². The first-order chi connectivity index (χ1) is 32.1. The van der Waals surface area contributed by atoms with Crippen LogP contribution in [0.4, 0.5) is 0 Å². The standard InChI is InChI=1S/C54H68O13/c1-27-39(28(2)56)44(59)41-32(43(27)58)19-29(48(62)63)20-38(41)65-49-45(60)46(61)54-23-33-34-22-50(16-17-52(25-50)14-5-13-51(52)11-3-4-12-51)21-30-24-64-26-53(42(30)34,15-6-18-55)35-8-7-31(40(33)35)37(67-54)10-9-36(57)47(54)66-49/h8,19-20,30,33-34,36-37,42,45-47,49,55,57-61H,3-7,9-18,21-26H2,1-2H3,(H,62,63). The van der Waals surface area contributed by atoms with E-state index < -0.39 is 65.7 Å². The van der Waals surface area contributed by atoms with Gasteiger partial charge >= 0.3 is 5.97 Å². The number of phenolic OH excluding ortho intramolecular Hbond substituents is 2. The molecule has 0 radical (unpaired) electrons. The van der Waals surface area contributed by atoms with Crippen LogP contribution in [0.2, 0.25) is 0 Å². The molecule has 5 saturated carbocycles. The minimum atomic E-state index is -1.78. The molecule has 2 aromatic carbocycles. The van der Waals surface area contributed by atoms with Gasteiger partial charge in [0.05, 0.1) is 35.3 Å². The van der Waals surface area contributed by atoms with E-state index in [0.717, 1.165) is 25.3 Å². The highest BCUT2D eigenvalue weighted by Crippen LogP contribution is 2.76.